The maximum atomic E-state index is 11.5. The average Bonchev–Trinajstić information content (AvgIpc) is 2.36. The van der Waals surface area contributed by atoms with Crippen LogP contribution >= 0.6 is 0 Å². The van der Waals surface area contributed by atoms with Crippen molar-refractivity contribution in [3.63, 3.8) is 0 Å². The molecule has 0 radical (unpaired) electrons. The van der Waals surface area contributed by atoms with E-state index in [2.05, 4.69) is 12.2 Å². The zero-order valence-electron chi connectivity index (χ0n) is 12.0. The van der Waals surface area contributed by atoms with Crippen molar-refractivity contribution in [2.45, 2.75) is 39.2 Å². The standard InChI is InChI=1S/C15H24N2O2/c1-4-9-17-15(3,14(16)18)8-10-19-13-7-5-6-12(2)11-13/h5-7,11,17H,4,8-10H2,1-3H3,(H2,16,18). The summed E-state index contributed by atoms with van der Waals surface area (Å²) < 4.78 is 5.66. The fraction of sp³-hybridized carbons (Fsp3) is 0.533. The smallest absolute Gasteiger partial charge is 0.237 e. The Balaban J connectivity index is 2.50. The zero-order valence-corrected chi connectivity index (χ0v) is 12.0. The Labute approximate surface area is 115 Å². The number of benzene rings is 1. The first-order valence-electron chi connectivity index (χ1n) is 6.72. The summed E-state index contributed by atoms with van der Waals surface area (Å²) in [5.41, 5.74) is 5.90. The van der Waals surface area contributed by atoms with Crippen LogP contribution in [0.15, 0.2) is 24.3 Å². The SMILES string of the molecule is CCCNC(C)(CCOc1cccc(C)c1)C(N)=O. The lowest BCUT2D eigenvalue weighted by atomic mass is 9.97. The molecule has 1 aromatic carbocycles. The second kappa shape index (κ2) is 7.14. The molecule has 0 saturated carbocycles. The van der Waals surface area contributed by atoms with E-state index in [1.165, 1.54) is 0 Å². The number of carbonyl (C=O) groups excluding carboxylic acids is 1. The minimum Gasteiger partial charge on any atom is -0.494 e. The van der Waals surface area contributed by atoms with Gasteiger partial charge in [-0.1, -0.05) is 19.1 Å². The van der Waals surface area contributed by atoms with Gasteiger partial charge in [-0.15, -0.1) is 0 Å². The fourth-order valence-electron chi connectivity index (χ4n) is 1.78. The van der Waals surface area contributed by atoms with Crippen molar-refractivity contribution in [1.29, 1.82) is 0 Å². The van der Waals surface area contributed by atoms with E-state index in [1.807, 2.05) is 38.1 Å². The predicted molar refractivity (Wildman–Crippen MR) is 77.2 cm³/mol. The highest BCUT2D eigenvalue weighted by molar-refractivity contribution is 5.84. The molecule has 0 aliphatic heterocycles. The first-order chi connectivity index (χ1) is 8.98. The molecule has 0 spiro atoms. The Bertz CT molecular complexity index is 420. The van der Waals surface area contributed by atoms with Crippen LogP contribution in [0.2, 0.25) is 0 Å². The molecule has 3 N–H and O–H groups in total. The van der Waals surface area contributed by atoms with Gasteiger partial charge in [0.25, 0.3) is 0 Å². The van der Waals surface area contributed by atoms with E-state index in [0.29, 0.717) is 13.0 Å². The molecule has 0 saturated heterocycles. The van der Waals surface area contributed by atoms with Crippen molar-refractivity contribution in [1.82, 2.24) is 5.32 Å². The minimum absolute atomic E-state index is 0.339. The Morgan fingerprint density at radius 3 is 2.79 bits per heavy atom. The molecule has 1 amide bonds. The number of aryl methyl sites for hydroxylation is 1. The van der Waals surface area contributed by atoms with Crippen LogP contribution in [0.3, 0.4) is 0 Å². The van der Waals surface area contributed by atoms with Crippen molar-refractivity contribution in [2.75, 3.05) is 13.2 Å². The number of primary amides is 1. The van der Waals surface area contributed by atoms with E-state index in [-0.39, 0.29) is 5.91 Å². The molecule has 106 valence electrons. The molecule has 1 aromatic rings. The highest BCUT2D eigenvalue weighted by Crippen LogP contribution is 2.15. The summed E-state index contributed by atoms with van der Waals surface area (Å²) in [6.07, 6.45) is 1.51. The lowest BCUT2D eigenvalue weighted by Gasteiger charge is -2.27. The van der Waals surface area contributed by atoms with Crippen molar-refractivity contribution in [3.05, 3.63) is 29.8 Å². The number of carbonyl (C=O) groups is 1. The first kappa shape index (κ1) is 15.5. The zero-order chi connectivity index (χ0) is 14.3. The summed E-state index contributed by atoms with van der Waals surface area (Å²) in [6.45, 7) is 7.12. The van der Waals surface area contributed by atoms with E-state index in [9.17, 15) is 4.79 Å². The lowest BCUT2D eigenvalue weighted by molar-refractivity contribution is -0.124. The number of nitrogens with one attached hydrogen (secondary N) is 1. The highest BCUT2D eigenvalue weighted by atomic mass is 16.5. The van der Waals surface area contributed by atoms with Gasteiger partial charge in [0, 0.05) is 6.42 Å². The van der Waals surface area contributed by atoms with Gasteiger partial charge < -0.3 is 15.8 Å². The van der Waals surface area contributed by atoms with Gasteiger partial charge in [0.1, 0.15) is 5.75 Å². The van der Waals surface area contributed by atoms with Crippen molar-refractivity contribution in [2.24, 2.45) is 5.73 Å². The van der Waals surface area contributed by atoms with Gasteiger partial charge in [0.05, 0.1) is 12.1 Å². The maximum absolute atomic E-state index is 11.5. The van der Waals surface area contributed by atoms with Crippen LogP contribution in [0.25, 0.3) is 0 Å². The van der Waals surface area contributed by atoms with Gasteiger partial charge >= 0.3 is 0 Å². The lowest BCUT2D eigenvalue weighted by Crippen LogP contribution is -2.54. The van der Waals surface area contributed by atoms with E-state index in [4.69, 9.17) is 10.5 Å². The molecular formula is C15H24N2O2. The van der Waals surface area contributed by atoms with Crippen LogP contribution in [0.5, 0.6) is 5.75 Å². The number of amides is 1. The predicted octanol–water partition coefficient (Wildman–Crippen LogP) is 2.01. The topological polar surface area (TPSA) is 64.3 Å². The second-order valence-corrected chi connectivity index (χ2v) is 5.04. The molecule has 4 nitrogen and oxygen atoms in total. The molecule has 0 aromatic heterocycles. The number of nitrogens with two attached hydrogens (primary N) is 1. The number of rotatable bonds is 8. The molecule has 4 heteroatoms. The third kappa shape index (κ3) is 4.91. The summed E-state index contributed by atoms with van der Waals surface area (Å²) in [6, 6.07) is 7.85. The molecular weight excluding hydrogens is 240 g/mol. The van der Waals surface area contributed by atoms with E-state index >= 15 is 0 Å². The molecule has 1 rings (SSSR count). The van der Waals surface area contributed by atoms with Crippen LogP contribution in [0, 0.1) is 6.92 Å². The molecule has 0 fully saturated rings. The van der Waals surface area contributed by atoms with Gasteiger partial charge in [-0.3, -0.25) is 4.79 Å². The van der Waals surface area contributed by atoms with E-state index in [0.717, 1.165) is 24.3 Å². The van der Waals surface area contributed by atoms with Crippen LogP contribution in [-0.4, -0.2) is 24.6 Å². The summed E-state index contributed by atoms with van der Waals surface area (Å²) in [5, 5.41) is 3.19. The Morgan fingerprint density at radius 2 is 2.21 bits per heavy atom. The number of hydrogen-bond donors (Lipinski definition) is 2. The van der Waals surface area contributed by atoms with Gasteiger partial charge in [0.2, 0.25) is 5.91 Å². The molecule has 0 aliphatic carbocycles. The van der Waals surface area contributed by atoms with Crippen LogP contribution in [0.4, 0.5) is 0 Å². The van der Waals surface area contributed by atoms with Gasteiger partial charge in [0.15, 0.2) is 0 Å². The fourth-order valence-corrected chi connectivity index (χ4v) is 1.78. The number of hydrogen-bond acceptors (Lipinski definition) is 3. The summed E-state index contributed by atoms with van der Waals surface area (Å²) in [7, 11) is 0. The molecule has 0 aliphatic rings. The van der Waals surface area contributed by atoms with Crippen molar-refractivity contribution in [3.8, 4) is 5.75 Å². The monoisotopic (exact) mass is 264 g/mol. The normalized spacial score (nSPS) is 13.8. The maximum Gasteiger partial charge on any atom is 0.237 e. The third-order valence-corrected chi connectivity index (χ3v) is 3.17. The van der Waals surface area contributed by atoms with Gasteiger partial charge in [-0.05, 0) is 44.5 Å². The Morgan fingerprint density at radius 1 is 1.47 bits per heavy atom. The third-order valence-electron chi connectivity index (χ3n) is 3.17. The van der Waals surface area contributed by atoms with Crippen molar-refractivity contribution < 1.29 is 9.53 Å². The van der Waals surface area contributed by atoms with Gasteiger partial charge in [-0.25, -0.2) is 0 Å². The second-order valence-electron chi connectivity index (χ2n) is 5.04. The summed E-state index contributed by atoms with van der Waals surface area (Å²) >= 11 is 0. The first-order valence-corrected chi connectivity index (χ1v) is 6.72. The molecule has 19 heavy (non-hydrogen) atoms. The van der Waals surface area contributed by atoms with Crippen LogP contribution in [0.1, 0.15) is 32.3 Å². The Kier molecular flexibility index (Phi) is 5.83. The minimum atomic E-state index is -0.708. The van der Waals surface area contributed by atoms with E-state index < -0.39 is 5.54 Å². The quantitative estimate of drug-likeness (QED) is 0.755. The van der Waals surface area contributed by atoms with Crippen molar-refractivity contribution >= 4 is 5.91 Å². The van der Waals surface area contributed by atoms with Crippen LogP contribution in [-0.2, 0) is 4.79 Å². The van der Waals surface area contributed by atoms with Gasteiger partial charge in [-0.2, -0.15) is 0 Å². The summed E-state index contributed by atoms with van der Waals surface area (Å²) in [5.74, 6) is 0.483. The van der Waals surface area contributed by atoms with Crippen LogP contribution < -0.4 is 15.8 Å². The molecule has 0 heterocycles. The average molecular weight is 264 g/mol. The summed E-state index contributed by atoms with van der Waals surface area (Å²) in [4.78, 5) is 11.5. The Hall–Kier alpha value is -1.55. The number of ether oxygens (including phenoxy) is 1. The largest absolute Gasteiger partial charge is 0.494 e. The van der Waals surface area contributed by atoms with E-state index in [1.54, 1.807) is 0 Å². The highest BCUT2D eigenvalue weighted by Gasteiger charge is 2.29. The molecule has 0 bridgehead atoms. The molecule has 1 atom stereocenters. The molecule has 1 unspecified atom stereocenters.